The summed E-state index contributed by atoms with van der Waals surface area (Å²) in [4.78, 5) is 35.3. The fourth-order valence-electron chi connectivity index (χ4n) is 3.86. The van der Waals surface area contributed by atoms with Gasteiger partial charge >= 0.3 is 5.97 Å². The minimum Gasteiger partial charge on any atom is -0.448 e. The van der Waals surface area contributed by atoms with Crippen molar-refractivity contribution < 1.29 is 19.2 Å². The Morgan fingerprint density at radius 2 is 1.85 bits per heavy atom. The molecule has 0 spiro atoms. The van der Waals surface area contributed by atoms with E-state index in [1.165, 1.54) is 12.1 Å². The van der Waals surface area contributed by atoms with Crippen LogP contribution in [-0.4, -0.2) is 28.1 Å². The molecule has 2 unspecified atom stereocenters. The first-order valence-electron chi connectivity index (χ1n) is 8.38. The molecule has 1 aliphatic heterocycles. The molecule has 3 rings (SSSR count). The van der Waals surface area contributed by atoms with Crippen LogP contribution in [0, 0.1) is 20.9 Å². The van der Waals surface area contributed by atoms with E-state index in [0.717, 1.165) is 0 Å². The number of nitro groups is 1. The topological polar surface area (TPSA) is 111 Å². The van der Waals surface area contributed by atoms with Crippen LogP contribution in [0.25, 0.3) is 0 Å². The Morgan fingerprint density at radius 3 is 2.31 bits per heavy atom. The molecule has 1 amide bonds. The van der Waals surface area contributed by atoms with Crippen molar-refractivity contribution in [2.24, 2.45) is 15.9 Å². The molecule has 1 heterocycles. The summed E-state index contributed by atoms with van der Waals surface area (Å²) in [5, 5.41) is 14.8. The van der Waals surface area contributed by atoms with E-state index < -0.39 is 27.3 Å². The highest BCUT2D eigenvalue weighted by molar-refractivity contribution is 6.01. The van der Waals surface area contributed by atoms with Crippen LogP contribution in [0.2, 0.25) is 0 Å². The molecule has 26 heavy (non-hydrogen) atoms. The Labute approximate surface area is 150 Å². The van der Waals surface area contributed by atoms with Crippen LogP contribution >= 0.6 is 0 Å². The standard InChI is InChI=1S/C18H21N3O5/c1-11(12-5-7-13(8-6-12)21(24)25)19-20-14(22)18-10-9-17(4,15(23)26-18)16(18,2)3/h5-8H,9-10H2,1-4H3,(H,20,22)/b19-11+. The number of hydrogen-bond donors (Lipinski definition) is 1. The molecule has 1 saturated carbocycles. The van der Waals surface area contributed by atoms with Gasteiger partial charge in [-0.1, -0.05) is 13.8 Å². The average molecular weight is 359 g/mol. The Hall–Kier alpha value is -2.77. The Morgan fingerprint density at radius 1 is 1.23 bits per heavy atom. The van der Waals surface area contributed by atoms with Gasteiger partial charge in [0.25, 0.3) is 11.6 Å². The molecule has 2 aliphatic rings. The third-order valence-electron chi connectivity index (χ3n) is 6.27. The predicted octanol–water partition coefficient (Wildman–Crippen LogP) is 2.56. The number of ether oxygens (including phenoxy) is 1. The zero-order chi connectivity index (χ0) is 19.3. The lowest BCUT2D eigenvalue weighted by Gasteiger charge is -2.34. The van der Waals surface area contributed by atoms with Crippen LogP contribution in [0.4, 0.5) is 5.69 Å². The molecule has 1 aromatic carbocycles. The highest BCUT2D eigenvalue weighted by atomic mass is 16.6. The molecule has 0 aromatic heterocycles. The maximum Gasteiger partial charge on any atom is 0.313 e. The van der Waals surface area contributed by atoms with Crippen molar-refractivity contribution in [3.05, 3.63) is 39.9 Å². The molecule has 0 radical (unpaired) electrons. The first-order chi connectivity index (χ1) is 12.0. The van der Waals surface area contributed by atoms with E-state index >= 15 is 0 Å². The van der Waals surface area contributed by atoms with Gasteiger partial charge in [0.2, 0.25) is 0 Å². The highest BCUT2D eigenvalue weighted by Crippen LogP contribution is 2.65. The molecule has 1 aliphatic carbocycles. The summed E-state index contributed by atoms with van der Waals surface area (Å²) < 4.78 is 5.51. The van der Waals surface area contributed by atoms with Gasteiger partial charge in [0.05, 0.1) is 16.0 Å². The van der Waals surface area contributed by atoms with Crippen LogP contribution in [0.3, 0.4) is 0 Å². The second-order valence-electron chi connectivity index (χ2n) is 7.62. The zero-order valence-electron chi connectivity index (χ0n) is 15.2. The summed E-state index contributed by atoms with van der Waals surface area (Å²) in [5.74, 6) is -0.793. The third-order valence-corrected chi connectivity index (χ3v) is 6.27. The van der Waals surface area contributed by atoms with E-state index in [9.17, 15) is 19.7 Å². The molecule has 1 N–H and O–H groups in total. The normalized spacial score (nSPS) is 29.4. The van der Waals surface area contributed by atoms with Crippen molar-refractivity contribution in [1.82, 2.24) is 5.43 Å². The molecule has 1 saturated heterocycles. The molecule has 2 bridgehead atoms. The number of non-ortho nitro benzene ring substituents is 1. The number of amides is 1. The van der Waals surface area contributed by atoms with Gasteiger partial charge in [0.1, 0.15) is 0 Å². The van der Waals surface area contributed by atoms with E-state index in [4.69, 9.17) is 4.74 Å². The van der Waals surface area contributed by atoms with E-state index in [0.29, 0.717) is 24.1 Å². The second kappa shape index (κ2) is 5.62. The van der Waals surface area contributed by atoms with Gasteiger partial charge in [-0.05, 0) is 44.4 Å². The molecular weight excluding hydrogens is 338 g/mol. The minimum absolute atomic E-state index is 0.0191. The Balaban J connectivity index is 1.79. The van der Waals surface area contributed by atoms with Crippen LogP contribution in [0.1, 0.15) is 46.1 Å². The van der Waals surface area contributed by atoms with Gasteiger partial charge in [0, 0.05) is 17.5 Å². The maximum atomic E-state index is 12.8. The van der Waals surface area contributed by atoms with Gasteiger partial charge < -0.3 is 4.74 Å². The number of hydrogen-bond acceptors (Lipinski definition) is 6. The first kappa shape index (κ1) is 18.0. The van der Waals surface area contributed by atoms with E-state index in [1.807, 2.05) is 20.8 Å². The number of rotatable bonds is 4. The van der Waals surface area contributed by atoms with Crippen molar-refractivity contribution >= 4 is 23.3 Å². The fourth-order valence-corrected chi connectivity index (χ4v) is 3.86. The Bertz CT molecular complexity index is 830. The average Bonchev–Trinajstić information content (AvgIpc) is 2.89. The number of nitrogens with zero attached hydrogens (tertiary/aromatic N) is 2. The number of esters is 1. The monoisotopic (exact) mass is 359 g/mol. The SMILES string of the molecule is C/C(=N\NC(=O)C12CCC(C)(C(=O)O1)C2(C)C)c1ccc([N+](=O)[O-])cc1. The molecule has 8 heteroatoms. The molecule has 8 nitrogen and oxygen atoms in total. The van der Waals surface area contributed by atoms with Crippen LogP contribution in [-0.2, 0) is 14.3 Å². The molecule has 1 aromatic rings. The van der Waals surface area contributed by atoms with Crippen molar-refractivity contribution in [3.63, 3.8) is 0 Å². The van der Waals surface area contributed by atoms with Crippen molar-refractivity contribution in [1.29, 1.82) is 0 Å². The minimum atomic E-state index is -1.22. The van der Waals surface area contributed by atoms with Gasteiger partial charge in [-0.15, -0.1) is 0 Å². The summed E-state index contributed by atoms with van der Waals surface area (Å²) in [7, 11) is 0. The zero-order valence-corrected chi connectivity index (χ0v) is 15.2. The summed E-state index contributed by atoms with van der Waals surface area (Å²) in [5.41, 5.74) is 1.09. The largest absolute Gasteiger partial charge is 0.448 e. The molecule has 2 atom stereocenters. The number of nitro benzene ring substituents is 1. The van der Waals surface area contributed by atoms with Crippen molar-refractivity contribution in [2.45, 2.75) is 46.1 Å². The summed E-state index contributed by atoms with van der Waals surface area (Å²) in [6.45, 7) is 7.27. The van der Waals surface area contributed by atoms with Crippen LogP contribution in [0.5, 0.6) is 0 Å². The quantitative estimate of drug-likeness (QED) is 0.384. The maximum absolute atomic E-state index is 12.8. The van der Waals surface area contributed by atoms with Crippen LogP contribution < -0.4 is 5.43 Å². The third kappa shape index (κ3) is 2.24. The smallest absolute Gasteiger partial charge is 0.313 e. The summed E-state index contributed by atoms with van der Waals surface area (Å²) in [6, 6.07) is 5.87. The number of fused-ring (bicyclic) bond motifs is 2. The number of benzene rings is 1. The summed E-state index contributed by atoms with van der Waals surface area (Å²) >= 11 is 0. The lowest BCUT2D eigenvalue weighted by atomic mass is 9.66. The van der Waals surface area contributed by atoms with Crippen molar-refractivity contribution in [2.75, 3.05) is 0 Å². The predicted molar refractivity (Wildman–Crippen MR) is 93.4 cm³/mol. The summed E-state index contributed by atoms with van der Waals surface area (Å²) in [6.07, 6.45) is 1.05. The number of hydrazone groups is 1. The number of carbonyl (C=O) groups is 2. The van der Waals surface area contributed by atoms with Crippen LogP contribution in [0.15, 0.2) is 29.4 Å². The highest BCUT2D eigenvalue weighted by Gasteiger charge is 2.75. The van der Waals surface area contributed by atoms with E-state index in [2.05, 4.69) is 10.5 Å². The molecule has 2 fully saturated rings. The molecule has 138 valence electrons. The first-order valence-corrected chi connectivity index (χ1v) is 8.38. The van der Waals surface area contributed by atoms with E-state index in [-0.39, 0.29) is 11.7 Å². The second-order valence-corrected chi connectivity index (χ2v) is 7.62. The molecular formula is C18H21N3O5. The van der Waals surface area contributed by atoms with E-state index in [1.54, 1.807) is 19.1 Å². The van der Waals surface area contributed by atoms with Gasteiger partial charge in [-0.2, -0.15) is 5.10 Å². The number of carbonyl (C=O) groups excluding carboxylic acids is 2. The van der Waals surface area contributed by atoms with Crippen molar-refractivity contribution in [3.8, 4) is 0 Å². The Kier molecular flexibility index (Phi) is 3.90. The number of nitrogens with one attached hydrogen (secondary N) is 1. The fraction of sp³-hybridized carbons (Fsp3) is 0.500. The lowest BCUT2D eigenvalue weighted by molar-refractivity contribution is -0.384. The van der Waals surface area contributed by atoms with Gasteiger partial charge in [0.15, 0.2) is 5.60 Å². The van der Waals surface area contributed by atoms with Gasteiger partial charge in [-0.3, -0.25) is 19.7 Å². The van der Waals surface area contributed by atoms with Gasteiger partial charge in [-0.25, -0.2) is 5.43 Å². The lowest BCUT2D eigenvalue weighted by Crippen LogP contribution is -2.52.